The molecule has 2 heterocycles. The monoisotopic (exact) mass is 429 g/mol. The highest BCUT2D eigenvalue weighted by molar-refractivity contribution is 5.97. The van der Waals surface area contributed by atoms with Crippen molar-refractivity contribution >= 4 is 11.8 Å². The molecule has 2 aromatic rings. The first-order valence-corrected chi connectivity index (χ1v) is 10.7. The van der Waals surface area contributed by atoms with E-state index >= 15 is 0 Å². The lowest BCUT2D eigenvalue weighted by molar-refractivity contribution is -0.123. The van der Waals surface area contributed by atoms with E-state index < -0.39 is 6.04 Å². The van der Waals surface area contributed by atoms with E-state index in [1.807, 2.05) is 32.4 Å². The second kappa shape index (κ2) is 9.18. The highest BCUT2D eigenvalue weighted by Gasteiger charge is 2.30. The van der Waals surface area contributed by atoms with Gasteiger partial charge in [0, 0.05) is 25.7 Å². The summed E-state index contributed by atoms with van der Waals surface area (Å²) in [5, 5.41) is 5.53. The summed E-state index contributed by atoms with van der Waals surface area (Å²) in [6, 6.07) is 5.48. The van der Waals surface area contributed by atoms with Gasteiger partial charge in [-0.1, -0.05) is 20.8 Å². The third-order valence-electron chi connectivity index (χ3n) is 5.42. The molecule has 0 radical (unpaired) electrons. The molecule has 7 nitrogen and oxygen atoms in total. The van der Waals surface area contributed by atoms with Crippen molar-refractivity contribution in [2.24, 2.45) is 5.41 Å². The maximum atomic E-state index is 13.4. The Bertz CT molecular complexity index is 946. The molecule has 1 aliphatic rings. The number of halogens is 1. The van der Waals surface area contributed by atoms with Crippen LogP contribution in [0.15, 0.2) is 24.3 Å². The quantitative estimate of drug-likeness (QED) is 0.766. The molecular formula is C23H32FN5O2. The Morgan fingerprint density at radius 2 is 1.87 bits per heavy atom. The number of nitrogens with zero attached hydrogens (tertiary/aromatic N) is 3. The molecule has 0 fully saturated rings. The number of benzene rings is 1. The number of likely N-dealkylation sites (N-methyl/N-ethyl adjacent to an activating group) is 1. The van der Waals surface area contributed by atoms with Gasteiger partial charge in [0.25, 0.3) is 5.91 Å². The van der Waals surface area contributed by atoms with Crippen LogP contribution in [0.2, 0.25) is 0 Å². The summed E-state index contributed by atoms with van der Waals surface area (Å²) >= 11 is 0. The van der Waals surface area contributed by atoms with Crippen molar-refractivity contribution < 1.29 is 14.0 Å². The van der Waals surface area contributed by atoms with Gasteiger partial charge in [-0.05, 0) is 56.1 Å². The minimum atomic E-state index is -0.660. The highest BCUT2D eigenvalue weighted by atomic mass is 19.1. The molecule has 1 aliphatic heterocycles. The van der Waals surface area contributed by atoms with Gasteiger partial charge in [0.1, 0.15) is 17.7 Å². The largest absolute Gasteiger partial charge is 0.357 e. The number of amides is 2. The van der Waals surface area contributed by atoms with E-state index in [4.69, 9.17) is 0 Å². The molecule has 0 bridgehead atoms. The van der Waals surface area contributed by atoms with E-state index in [1.165, 1.54) is 12.1 Å². The van der Waals surface area contributed by atoms with Gasteiger partial charge in [0.15, 0.2) is 5.69 Å². The third-order valence-corrected chi connectivity index (χ3v) is 5.42. The van der Waals surface area contributed by atoms with Crippen molar-refractivity contribution in [2.45, 2.75) is 52.7 Å². The second-order valence-electron chi connectivity index (χ2n) is 9.39. The minimum absolute atomic E-state index is 0.144. The van der Waals surface area contributed by atoms with Crippen LogP contribution in [0.5, 0.6) is 0 Å². The number of rotatable bonds is 5. The molecule has 168 valence electrons. The number of fused-ring (bicyclic) bond motifs is 1. The van der Waals surface area contributed by atoms with Crippen LogP contribution in [0, 0.1) is 11.2 Å². The van der Waals surface area contributed by atoms with Crippen LogP contribution in [0.1, 0.15) is 49.8 Å². The summed E-state index contributed by atoms with van der Waals surface area (Å²) < 4.78 is 15.5. The van der Waals surface area contributed by atoms with Crippen LogP contribution in [-0.4, -0.2) is 52.9 Å². The van der Waals surface area contributed by atoms with Crippen molar-refractivity contribution in [1.29, 1.82) is 0 Å². The van der Waals surface area contributed by atoms with Crippen LogP contribution in [0.3, 0.4) is 0 Å². The topological polar surface area (TPSA) is 79.3 Å². The van der Waals surface area contributed by atoms with Gasteiger partial charge >= 0.3 is 0 Å². The average molecular weight is 430 g/mol. The third kappa shape index (κ3) is 5.50. The standard InChI is InChI=1S/C23H32FN5O2/c1-23(2,3)13-17(21(30)25-4)26-22(31)19-18-14-28(5)11-6-12-29(18)20(27-19)15-7-9-16(24)10-8-15/h7-10,17H,6,11-14H2,1-5H3,(H,25,30)(H,26,31). The van der Waals surface area contributed by atoms with Gasteiger partial charge in [0.05, 0.1) is 5.69 Å². The number of aromatic nitrogens is 2. The molecule has 1 aromatic heterocycles. The fourth-order valence-corrected chi connectivity index (χ4v) is 3.94. The fraction of sp³-hybridized carbons (Fsp3) is 0.522. The summed E-state index contributed by atoms with van der Waals surface area (Å²) in [6.45, 7) is 8.27. The molecule has 1 unspecified atom stereocenters. The van der Waals surface area contributed by atoms with E-state index in [1.54, 1.807) is 19.2 Å². The van der Waals surface area contributed by atoms with Crippen LogP contribution < -0.4 is 10.6 Å². The van der Waals surface area contributed by atoms with Gasteiger partial charge in [-0.2, -0.15) is 0 Å². The number of hydrogen-bond donors (Lipinski definition) is 2. The first-order valence-electron chi connectivity index (χ1n) is 10.7. The Labute approximate surface area is 183 Å². The van der Waals surface area contributed by atoms with Crippen molar-refractivity contribution in [1.82, 2.24) is 25.1 Å². The van der Waals surface area contributed by atoms with Crippen LogP contribution in [-0.2, 0) is 17.9 Å². The fourth-order valence-electron chi connectivity index (χ4n) is 3.94. The van der Waals surface area contributed by atoms with Gasteiger partial charge in [-0.15, -0.1) is 0 Å². The van der Waals surface area contributed by atoms with E-state index in [0.29, 0.717) is 31.0 Å². The molecular weight excluding hydrogens is 397 g/mol. The maximum absolute atomic E-state index is 13.4. The Morgan fingerprint density at radius 3 is 2.48 bits per heavy atom. The van der Waals surface area contributed by atoms with Gasteiger partial charge in [-0.25, -0.2) is 9.37 Å². The molecule has 2 amide bonds. The van der Waals surface area contributed by atoms with Crippen LogP contribution >= 0.6 is 0 Å². The predicted molar refractivity (Wildman–Crippen MR) is 118 cm³/mol. The highest BCUT2D eigenvalue weighted by Crippen LogP contribution is 2.27. The minimum Gasteiger partial charge on any atom is -0.357 e. The molecule has 0 saturated carbocycles. The number of imidazole rings is 1. The zero-order chi connectivity index (χ0) is 22.8. The predicted octanol–water partition coefficient (Wildman–Crippen LogP) is 2.81. The van der Waals surface area contributed by atoms with E-state index in [0.717, 1.165) is 24.2 Å². The summed E-state index contributed by atoms with van der Waals surface area (Å²) in [4.78, 5) is 32.5. The Kier molecular flexibility index (Phi) is 6.79. The molecule has 1 atom stereocenters. The summed E-state index contributed by atoms with van der Waals surface area (Å²) in [5.41, 5.74) is 1.73. The van der Waals surface area contributed by atoms with Crippen molar-refractivity contribution in [2.75, 3.05) is 20.6 Å². The van der Waals surface area contributed by atoms with E-state index in [-0.39, 0.29) is 23.0 Å². The van der Waals surface area contributed by atoms with Gasteiger partial charge < -0.3 is 20.1 Å². The SMILES string of the molecule is CNC(=O)C(CC(C)(C)C)NC(=O)c1nc(-c2ccc(F)cc2)n2c1CN(C)CCC2. The Balaban J connectivity index is 2.00. The van der Waals surface area contributed by atoms with E-state index in [9.17, 15) is 14.0 Å². The first kappa shape index (κ1) is 22.9. The molecule has 0 spiro atoms. The zero-order valence-electron chi connectivity index (χ0n) is 19.0. The summed E-state index contributed by atoms with van der Waals surface area (Å²) in [6.07, 6.45) is 1.42. The Hall–Kier alpha value is -2.74. The van der Waals surface area contributed by atoms with E-state index in [2.05, 4.69) is 20.5 Å². The molecule has 8 heteroatoms. The van der Waals surface area contributed by atoms with Crippen molar-refractivity contribution in [3.05, 3.63) is 41.5 Å². The maximum Gasteiger partial charge on any atom is 0.272 e. The normalized spacial score (nSPS) is 15.7. The molecule has 3 rings (SSSR count). The molecule has 0 saturated heterocycles. The molecule has 1 aromatic carbocycles. The van der Waals surface area contributed by atoms with Crippen molar-refractivity contribution in [3.8, 4) is 11.4 Å². The Morgan fingerprint density at radius 1 is 1.19 bits per heavy atom. The molecule has 0 aliphatic carbocycles. The lowest BCUT2D eigenvalue weighted by Crippen LogP contribution is -2.47. The van der Waals surface area contributed by atoms with Crippen LogP contribution in [0.25, 0.3) is 11.4 Å². The number of hydrogen-bond acceptors (Lipinski definition) is 4. The van der Waals surface area contributed by atoms with Gasteiger partial charge in [-0.3, -0.25) is 9.59 Å². The zero-order valence-corrected chi connectivity index (χ0v) is 19.0. The number of nitrogens with one attached hydrogen (secondary N) is 2. The molecule has 31 heavy (non-hydrogen) atoms. The molecule has 2 N–H and O–H groups in total. The lowest BCUT2D eigenvalue weighted by Gasteiger charge is -2.25. The number of carbonyl (C=O) groups is 2. The van der Waals surface area contributed by atoms with Crippen molar-refractivity contribution in [3.63, 3.8) is 0 Å². The first-order chi connectivity index (χ1) is 14.6. The number of carbonyl (C=O) groups excluding carboxylic acids is 2. The van der Waals surface area contributed by atoms with Crippen LogP contribution in [0.4, 0.5) is 4.39 Å². The van der Waals surface area contributed by atoms with Gasteiger partial charge in [0.2, 0.25) is 5.91 Å². The average Bonchev–Trinajstić information content (AvgIpc) is 2.93. The lowest BCUT2D eigenvalue weighted by atomic mass is 9.87. The summed E-state index contributed by atoms with van der Waals surface area (Å²) in [7, 11) is 3.57. The summed E-state index contributed by atoms with van der Waals surface area (Å²) in [5.74, 6) is -0.280. The smallest absolute Gasteiger partial charge is 0.272 e. The second-order valence-corrected chi connectivity index (χ2v) is 9.39.